The molecule has 0 radical (unpaired) electrons. The quantitative estimate of drug-likeness (QED) is 0.379. The van der Waals surface area contributed by atoms with Gasteiger partial charge in [0.05, 0.1) is 23.5 Å². The number of fused-ring (bicyclic) bond motifs is 1. The fourth-order valence-electron chi connectivity index (χ4n) is 4.77. The van der Waals surface area contributed by atoms with E-state index in [4.69, 9.17) is 0 Å². The van der Waals surface area contributed by atoms with Crippen molar-refractivity contribution in [3.63, 3.8) is 0 Å². The van der Waals surface area contributed by atoms with Crippen molar-refractivity contribution >= 4 is 22.4 Å². The zero-order valence-corrected chi connectivity index (χ0v) is 20.3. The summed E-state index contributed by atoms with van der Waals surface area (Å²) in [6, 6.07) is 8.77. The molecule has 0 N–H and O–H groups in total. The highest BCUT2D eigenvalue weighted by atomic mass is 19.4. The Labute approximate surface area is 210 Å². The van der Waals surface area contributed by atoms with Crippen molar-refractivity contribution in [3.8, 4) is 0 Å². The van der Waals surface area contributed by atoms with E-state index >= 15 is 0 Å². The van der Waals surface area contributed by atoms with Crippen molar-refractivity contribution in [2.24, 2.45) is 0 Å². The lowest BCUT2D eigenvalue weighted by Gasteiger charge is -2.38. The molecule has 0 atom stereocenters. The number of alkyl halides is 3. The van der Waals surface area contributed by atoms with E-state index in [2.05, 4.69) is 15.0 Å². The third kappa shape index (κ3) is 4.73. The molecule has 1 saturated heterocycles. The largest absolute Gasteiger partial charge is 0.418 e. The number of para-hydroxylation sites is 1. The van der Waals surface area contributed by atoms with Crippen LogP contribution < -0.4 is 15.4 Å². The molecule has 0 aliphatic carbocycles. The van der Waals surface area contributed by atoms with Crippen LogP contribution in [0, 0.1) is 19.7 Å². The molecular formula is C26H24F4N6O. The molecule has 37 heavy (non-hydrogen) atoms. The smallest absolute Gasteiger partial charge is 0.365 e. The summed E-state index contributed by atoms with van der Waals surface area (Å²) >= 11 is 0. The standard InChI is InChI=1S/C26H24F4N6O/c1-16-5-3-7-20(27)23(16)35-11-9-34(10-12-35)22-13-18-14-32-17(2)33-24(18)36(25(22)37)15-21-19(26(28,29)30)6-4-8-31-21/h3-8,13-14H,9-12,15H2,1-2H3. The number of aromatic nitrogens is 4. The molecule has 0 bridgehead atoms. The summed E-state index contributed by atoms with van der Waals surface area (Å²) in [6.45, 7) is 4.90. The predicted octanol–water partition coefficient (Wildman–Crippen LogP) is 4.34. The van der Waals surface area contributed by atoms with E-state index in [9.17, 15) is 22.4 Å². The van der Waals surface area contributed by atoms with E-state index < -0.39 is 23.8 Å². The van der Waals surface area contributed by atoms with Gasteiger partial charge in [-0.05, 0) is 43.7 Å². The van der Waals surface area contributed by atoms with Gasteiger partial charge in [0.25, 0.3) is 5.56 Å². The van der Waals surface area contributed by atoms with Crippen LogP contribution in [0.1, 0.15) is 22.6 Å². The van der Waals surface area contributed by atoms with E-state index in [1.165, 1.54) is 22.9 Å². The van der Waals surface area contributed by atoms with Crippen LogP contribution >= 0.6 is 0 Å². The molecule has 1 fully saturated rings. The Morgan fingerprint density at radius 3 is 2.41 bits per heavy atom. The van der Waals surface area contributed by atoms with E-state index in [0.717, 1.165) is 11.6 Å². The summed E-state index contributed by atoms with van der Waals surface area (Å²) < 4.78 is 56.6. The summed E-state index contributed by atoms with van der Waals surface area (Å²) in [5, 5.41) is 0.525. The van der Waals surface area contributed by atoms with Crippen molar-refractivity contribution in [1.82, 2.24) is 19.5 Å². The molecule has 0 amide bonds. The molecule has 192 valence electrons. The van der Waals surface area contributed by atoms with E-state index in [1.807, 2.05) is 22.8 Å². The van der Waals surface area contributed by atoms with Crippen molar-refractivity contribution in [1.29, 1.82) is 0 Å². The number of halogens is 4. The Balaban J connectivity index is 1.53. The molecule has 3 aromatic heterocycles. The lowest BCUT2D eigenvalue weighted by Crippen LogP contribution is -2.49. The molecule has 0 unspecified atom stereocenters. The first kappa shape index (κ1) is 24.7. The van der Waals surface area contributed by atoms with Gasteiger partial charge in [0.15, 0.2) is 0 Å². The number of hydrogen-bond acceptors (Lipinski definition) is 6. The highest BCUT2D eigenvalue weighted by Crippen LogP contribution is 2.32. The molecule has 1 aromatic carbocycles. The maximum atomic E-state index is 14.5. The third-order valence-corrected chi connectivity index (χ3v) is 6.56. The van der Waals surface area contributed by atoms with Crippen molar-refractivity contribution in [2.45, 2.75) is 26.6 Å². The first-order valence-corrected chi connectivity index (χ1v) is 11.8. The van der Waals surface area contributed by atoms with Crippen LogP contribution in [0.3, 0.4) is 0 Å². The van der Waals surface area contributed by atoms with Crippen molar-refractivity contribution < 1.29 is 17.6 Å². The van der Waals surface area contributed by atoms with Gasteiger partial charge >= 0.3 is 6.18 Å². The number of hydrogen-bond donors (Lipinski definition) is 0. The van der Waals surface area contributed by atoms with Gasteiger partial charge in [-0.1, -0.05) is 12.1 Å². The molecule has 1 aliphatic heterocycles. The Morgan fingerprint density at radius 2 is 1.70 bits per heavy atom. The van der Waals surface area contributed by atoms with Gasteiger partial charge in [0.2, 0.25) is 0 Å². The summed E-state index contributed by atoms with van der Waals surface area (Å²) in [7, 11) is 0. The van der Waals surface area contributed by atoms with Gasteiger partial charge in [-0.2, -0.15) is 13.2 Å². The maximum absolute atomic E-state index is 14.5. The minimum absolute atomic E-state index is 0.237. The van der Waals surface area contributed by atoms with Crippen LogP contribution in [0.2, 0.25) is 0 Å². The molecule has 11 heteroatoms. The Bertz CT molecular complexity index is 1510. The molecule has 0 spiro atoms. The SMILES string of the molecule is Cc1ncc2cc(N3CCN(c4c(C)cccc4F)CC3)c(=O)n(Cc3ncccc3C(F)(F)F)c2n1. The normalized spacial score (nSPS) is 14.4. The van der Waals surface area contributed by atoms with Crippen molar-refractivity contribution in [3.05, 3.63) is 87.6 Å². The molecule has 1 aliphatic rings. The summed E-state index contributed by atoms with van der Waals surface area (Å²) in [5.41, 5.74) is 0.281. The van der Waals surface area contributed by atoms with Gasteiger partial charge in [0, 0.05) is 44.0 Å². The molecule has 5 rings (SSSR count). The molecule has 0 saturated carbocycles. The average Bonchev–Trinajstić information content (AvgIpc) is 2.86. The second kappa shape index (κ2) is 9.45. The number of benzene rings is 1. The topological polar surface area (TPSA) is 67.2 Å². The van der Waals surface area contributed by atoms with E-state index in [-0.39, 0.29) is 17.2 Å². The first-order chi connectivity index (χ1) is 17.6. The zero-order chi connectivity index (χ0) is 26.3. The molecular weight excluding hydrogens is 488 g/mol. The number of aryl methyl sites for hydroxylation is 2. The van der Waals surface area contributed by atoms with Gasteiger partial charge in [-0.25, -0.2) is 14.4 Å². The highest BCUT2D eigenvalue weighted by Gasteiger charge is 2.34. The summed E-state index contributed by atoms with van der Waals surface area (Å²) in [5.74, 6) is 0.0872. The third-order valence-electron chi connectivity index (χ3n) is 6.56. The van der Waals surface area contributed by atoms with Gasteiger partial charge < -0.3 is 9.80 Å². The second-order valence-electron chi connectivity index (χ2n) is 8.99. The number of rotatable bonds is 4. The first-order valence-electron chi connectivity index (χ1n) is 11.8. The second-order valence-corrected chi connectivity index (χ2v) is 8.99. The fraction of sp³-hybridized carbons (Fsp3) is 0.308. The summed E-state index contributed by atoms with van der Waals surface area (Å²) in [4.78, 5) is 30.0. The van der Waals surface area contributed by atoms with E-state index in [1.54, 1.807) is 25.3 Å². The fourth-order valence-corrected chi connectivity index (χ4v) is 4.77. The van der Waals surface area contributed by atoms with Crippen LogP contribution in [0.25, 0.3) is 11.0 Å². The number of pyridine rings is 2. The van der Waals surface area contributed by atoms with Crippen LogP contribution in [0.5, 0.6) is 0 Å². The monoisotopic (exact) mass is 512 g/mol. The number of nitrogens with zero attached hydrogens (tertiary/aromatic N) is 6. The van der Waals surface area contributed by atoms with E-state index in [0.29, 0.717) is 48.8 Å². The van der Waals surface area contributed by atoms with Crippen molar-refractivity contribution in [2.75, 3.05) is 36.0 Å². The minimum Gasteiger partial charge on any atom is -0.365 e. The minimum atomic E-state index is -4.62. The average molecular weight is 513 g/mol. The number of anilines is 2. The van der Waals surface area contributed by atoms with Gasteiger partial charge in [0.1, 0.15) is 23.0 Å². The van der Waals surface area contributed by atoms with Gasteiger partial charge in [-0.15, -0.1) is 0 Å². The Morgan fingerprint density at radius 1 is 0.973 bits per heavy atom. The maximum Gasteiger partial charge on any atom is 0.418 e. The highest BCUT2D eigenvalue weighted by molar-refractivity contribution is 5.78. The van der Waals surface area contributed by atoms with Crippen LogP contribution in [0.15, 0.2) is 53.6 Å². The Hall–Kier alpha value is -4.02. The van der Waals surface area contributed by atoms with Gasteiger partial charge in [-0.3, -0.25) is 14.3 Å². The lowest BCUT2D eigenvalue weighted by atomic mass is 10.1. The molecule has 4 heterocycles. The Kier molecular flexibility index (Phi) is 6.30. The van der Waals surface area contributed by atoms with Crippen LogP contribution in [-0.2, 0) is 12.7 Å². The summed E-state index contributed by atoms with van der Waals surface area (Å²) in [6.07, 6.45) is -1.79. The zero-order valence-electron chi connectivity index (χ0n) is 20.3. The van der Waals surface area contributed by atoms with Crippen LogP contribution in [0.4, 0.5) is 28.9 Å². The molecule has 7 nitrogen and oxygen atoms in total. The van der Waals surface area contributed by atoms with Crippen LogP contribution in [-0.4, -0.2) is 45.7 Å². The predicted molar refractivity (Wildman–Crippen MR) is 132 cm³/mol. The molecule has 4 aromatic rings. The number of piperazine rings is 1. The lowest BCUT2D eigenvalue weighted by molar-refractivity contribution is -0.138.